The van der Waals surface area contributed by atoms with Gasteiger partial charge in [-0.2, -0.15) is 0 Å². The standard InChI is InChI=1S/C19H25N3O2S2/c1-14(2)18(24)25-12-8-4-3-5-10-17(23)22-19-21-16(13-26-19)15-9-6-7-11-20-15/h6-7,9,11,13-14H,3-5,8,10,12H2,1-2H3,(H,21,22,23). The molecule has 0 bridgehead atoms. The van der Waals surface area contributed by atoms with E-state index in [1.807, 2.05) is 37.4 Å². The number of carbonyl (C=O) groups is 2. The van der Waals surface area contributed by atoms with Crippen molar-refractivity contribution in [3.05, 3.63) is 29.8 Å². The van der Waals surface area contributed by atoms with Crippen molar-refractivity contribution in [1.29, 1.82) is 0 Å². The monoisotopic (exact) mass is 391 g/mol. The van der Waals surface area contributed by atoms with Crippen LogP contribution >= 0.6 is 23.1 Å². The summed E-state index contributed by atoms with van der Waals surface area (Å²) in [6.07, 6.45) is 6.14. The first-order valence-electron chi connectivity index (χ1n) is 8.89. The Bertz CT molecular complexity index is 702. The van der Waals surface area contributed by atoms with Gasteiger partial charge in [-0.05, 0) is 25.0 Å². The Kier molecular flexibility index (Phi) is 8.77. The summed E-state index contributed by atoms with van der Waals surface area (Å²) < 4.78 is 0. The second-order valence-electron chi connectivity index (χ2n) is 6.29. The summed E-state index contributed by atoms with van der Waals surface area (Å²) in [4.78, 5) is 32.2. The van der Waals surface area contributed by atoms with E-state index in [1.165, 1.54) is 23.1 Å². The number of nitrogens with one attached hydrogen (secondary N) is 1. The average Bonchev–Trinajstić information content (AvgIpc) is 3.09. The summed E-state index contributed by atoms with van der Waals surface area (Å²) in [7, 11) is 0. The maximum Gasteiger partial charge on any atom is 0.226 e. The number of nitrogens with zero attached hydrogens (tertiary/aromatic N) is 2. The van der Waals surface area contributed by atoms with E-state index in [0.29, 0.717) is 11.6 Å². The van der Waals surface area contributed by atoms with Crippen LogP contribution in [0, 0.1) is 5.92 Å². The third-order valence-corrected chi connectivity index (χ3v) is 5.70. The number of hydrogen-bond donors (Lipinski definition) is 1. The number of anilines is 1. The zero-order valence-corrected chi connectivity index (χ0v) is 16.9. The van der Waals surface area contributed by atoms with Crippen LogP contribution in [-0.4, -0.2) is 26.7 Å². The molecule has 0 spiro atoms. The van der Waals surface area contributed by atoms with Gasteiger partial charge in [-0.25, -0.2) is 4.98 Å². The Hall–Kier alpha value is -1.73. The van der Waals surface area contributed by atoms with Gasteiger partial charge in [0.25, 0.3) is 0 Å². The normalized spacial score (nSPS) is 10.9. The molecule has 2 aromatic heterocycles. The van der Waals surface area contributed by atoms with Gasteiger partial charge in [0.05, 0.1) is 5.69 Å². The molecule has 0 aliphatic rings. The number of unbranched alkanes of at least 4 members (excludes halogenated alkanes) is 3. The Morgan fingerprint density at radius 3 is 2.69 bits per heavy atom. The van der Waals surface area contributed by atoms with Crippen LogP contribution in [0.5, 0.6) is 0 Å². The minimum atomic E-state index is -0.00344. The minimum absolute atomic E-state index is 0.00344. The largest absolute Gasteiger partial charge is 0.302 e. The molecule has 0 unspecified atom stereocenters. The van der Waals surface area contributed by atoms with Crippen molar-refractivity contribution < 1.29 is 9.59 Å². The highest BCUT2D eigenvalue weighted by Gasteiger charge is 2.09. The van der Waals surface area contributed by atoms with E-state index in [4.69, 9.17) is 0 Å². The third kappa shape index (κ3) is 7.25. The molecule has 140 valence electrons. The van der Waals surface area contributed by atoms with Crippen molar-refractivity contribution in [3.8, 4) is 11.4 Å². The zero-order chi connectivity index (χ0) is 18.8. The van der Waals surface area contributed by atoms with Crippen molar-refractivity contribution in [3.63, 3.8) is 0 Å². The second kappa shape index (κ2) is 11.1. The molecule has 5 nitrogen and oxygen atoms in total. The molecule has 2 heterocycles. The molecule has 0 aromatic carbocycles. The molecule has 0 saturated carbocycles. The lowest BCUT2D eigenvalue weighted by molar-refractivity contribution is -0.116. The summed E-state index contributed by atoms with van der Waals surface area (Å²) in [6, 6.07) is 5.67. The molecular formula is C19H25N3O2S2. The molecule has 1 N–H and O–H groups in total. The highest BCUT2D eigenvalue weighted by atomic mass is 32.2. The van der Waals surface area contributed by atoms with E-state index >= 15 is 0 Å². The molecule has 0 radical (unpaired) electrons. The van der Waals surface area contributed by atoms with Crippen molar-refractivity contribution in [2.75, 3.05) is 11.1 Å². The van der Waals surface area contributed by atoms with Crippen molar-refractivity contribution in [1.82, 2.24) is 9.97 Å². The number of aromatic nitrogens is 2. The molecule has 0 fully saturated rings. The number of hydrogen-bond acceptors (Lipinski definition) is 6. The summed E-state index contributed by atoms with van der Waals surface area (Å²) in [6.45, 7) is 3.85. The molecule has 7 heteroatoms. The highest BCUT2D eigenvalue weighted by Crippen LogP contribution is 2.23. The Morgan fingerprint density at radius 1 is 1.15 bits per heavy atom. The Balaban J connectivity index is 1.60. The lowest BCUT2D eigenvalue weighted by atomic mass is 10.1. The van der Waals surface area contributed by atoms with Gasteiger partial charge in [0.1, 0.15) is 5.69 Å². The quantitative estimate of drug-likeness (QED) is 0.576. The summed E-state index contributed by atoms with van der Waals surface area (Å²) >= 11 is 2.83. The fourth-order valence-corrected chi connectivity index (χ4v) is 3.83. The molecule has 0 aliphatic carbocycles. The summed E-state index contributed by atoms with van der Waals surface area (Å²) in [5.74, 6) is 0.975. The van der Waals surface area contributed by atoms with Crippen LogP contribution in [0.25, 0.3) is 11.4 Å². The van der Waals surface area contributed by atoms with E-state index in [2.05, 4.69) is 15.3 Å². The maximum absolute atomic E-state index is 12.0. The van der Waals surface area contributed by atoms with E-state index in [1.54, 1.807) is 6.20 Å². The van der Waals surface area contributed by atoms with Gasteiger partial charge in [0.2, 0.25) is 5.91 Å². The molecular weight excluding hydrogens is 366 g/mol. The second-order valence-corrected chi connectivity index (χ2v) is 8.24. The molecule has 26 heavy (non-hydrogen) atoms. The maximum atomic E-state index is 12.0. The van der Waals surface area contributed by atoms with Crippen LogP contribution in [0.15, 0.2) is 29.8 Å². The third-order valence-electron chi connectivity index (χ3n) is 3.69. The number of pyridine rings is 1. The number of carbonyl (C=O) groups excluding carboxylic acids is 2. The number of thioether (sulfide) groups is 1. The fraction of sp³-hybridized carbons (Fsp3) is 0.474. The van der Waals surface area contributed by atoms with Gasteiger partial charge in [0, 0.05) is 29.7 Å². The average molecular weight is 392 g/mol. The van der Waals surface area contributed by atoms with E-state index in [-0.39, 0.29) is 16.9 Å². The summed E-state index contributed by atoms with van der Waals surface area (Å²) in [5.41, 5.74) is 1.58. The van der Waals surface area contributed by atoms with Crippen LogP contribution < -0.4 is 5.32 Å². The Morgan fingerprint density at radius 2 is 1.96 bits per heavy atom. The van der Waals surface area contributed by atoms with Crippen molar-refractivity contribution in [2.24, 2.45) is 5.92 Å². The first-order chi connectivity index (χ1) is 12.6. The first-order valence-corrected chi connectivity index (χ1v) is 10.8. The lowest BCUT2D eigenvalue weighted by Gasteiger charge is -2.04. The SMILES string of the molecule is CC(C)C(=O)SCCCCCCC(=O)Nc1nc(-c2ccccn2)cs1. The molecule has 1 amide bonds. The van der Waals surface area contributed by atoms with Gasteiger partial charge in [-0.1, -0.05) is 44.5 Å². The van der Waals surface area contributed by atoms with Crippen LogP contribution in [0.2, 0.25) is 0 Å². The highest BCUT2D eigenvalue weighted by molar-refractivity contribution is 8.13. The predicted molar refractivity (Wildman–Crippen MR) is 109 cm³/mol. The first kappa shape index (κ1) is 20.6. The number of rotatable bonds is 10. The molecule has 0 atom stereocenters. The van der Waals surface area contributed by atoms with Gasteiger partial charge in [-0.15, -0.1) is 11.3 Å². The van der Waals surface area contributed by atoms with E-state index < -0.39 is 0 Å². The van der Waals surface area contributed by atoms with Crippen LogP contribution in [-0.2, 0) is 9.59 Å². The van der Waals surface area contributed by atoms with E-state index in [9.17, 15) is 9.59 Å². The lowest BCUT2D eigenvalue weighted by Crippen LogP contribution is -2.10. The Labute approximate surface area is 163 Å². The van der Waals surface area contributed by atoms with Crippen molar-refractivity contribution in [2.45, 2.75) is 46.0 Å². The molecule has 0 aliphatic heterocycles. The number of amides is 1. The van der Waals surface area contributed by atoms with Gasteiger partial charge >= 0.3 is 0 Å². The summed E-state index contributed by atoms with van der Waals surface area (Å²) in [5, 5.41) is 5.62. The molecule has 2 aromatic rings. The number of thiazole rings is 1. The van der Waals surface area contributed by atoms with Crippen LogP contribution in [0.3, 0.4) is 0 Å². The predicted octanol–water partition coefficient (Wildman–Crippen LogP) is 5.01. The molecule has 0 saturated heterocycles. The van der Waals surface area contributed by atoms with Crippen LogP contribution in [0.4, 0.5) is 5.13 Å². The minimum Gasteiger partial charge on any atom is -0.302 e. The zero-order valence-electron chi connectivity index (χ0n) is 15.2. The fourth-order valence-electron chi connectivity index (χ4n) is 2.23. The smallest absolute Gasteiger partial charge is 0.226 e. The van der Waals surface area contributed by atoms with Gasteiger partial charge in [-0.3, -0.25) is 14.6 Å². The topological polar surface area (TPSA) is 72.0 Å². The van der Waals surface area contributed by atoms with E-state index in [0.717, 1.165) is 42.8 Å². The van der Waals surface area contributed by atoms with Crippen molar-refractivity contribution >= 4 is 39.3 Å². The van der Waals surface area contributed by atoms with Gasteiger partial charge in [0.15, 0.2) is 10.2 Å². The van der Waals surface area contributed by atoms with Gasteiger partial charge < -0.3 is 5.32 Å². The van der Waals surface area contributed by atoms with Crippen LogP contribution in [0.1, 0.15) is 46.0 Å². The molecule has 2 rings (SSSR count).